The number of guanidine groups is 1. The van der Waals surface area contributed by atoms with Gasteiger partial charge in [0.1, 0.15) is 0 Å². The molecule has 126 valence electrons. The minimum Gasteiger partial charge on any atom is -0.357 e. The van der Waals surface area contributed by atoms with Crippen LogP contribution in [0.2, 0.25) is 0 Å². The summed E-state index contributed by atoms with van der Waals surface area (Å²) in [6, 6.07) is 0.389. The fourth-order valence-corrected chi connectivity index (χ4v) is 1.70. The standard InChI is InChI=1S/C15H32N4O.HI/c1-7-16-15(17-11-10-14(20)19(5)6)18-13(4)9-8-12(2)3;/h12-13H,7-11H2,1-6H3,(H2,16,17,18);1H. The average molecular weight is 412 g/mol. The van der Waals surface area contributed by atoms with E-state index in [0.29, 0.717) is 19.0 Å². The van der Waals surface area contributed by atoms with E-state index in [1.807, 2.05) is 6.92 Å². The maximum Gasteiger partial charge on any atom is 0.223 e. The SMILES string of the molecule is CCNC(=NCCC(=O)N(C)C)NC(C)CCC(C)C.I. The van der Waals surface area contributed by atoms with Gasteiger partial charge in [-0.1, -0.05) is 13.8 Å². The first-order valence-corrected chi connectivity index (χ1v) is 7.61. The fraction of sp³-hybridized carbons (Fsp3) is 0.867. The molecule has 1 amide bonds. The van der Waals surface area contributed by atoms with Crippen molar-refractivity contribution < 1.29 is 4.79 Å². The third-order valence-corrected chi connectivity index (χ3v) is 3.00. The minimum absolute atomic E-state index is 0. The summed E-state index contributed by atoms with van der Waals surface area (Å²) in [6.45, 7) is 10.0. The molecular formula is C15H33IN4O. The van der Waals surface area contributed by atoms with Gasteiger partial charge in [-0.2, -0.15) is 0 Å². The summed E-state index contributed by atoms with van der Waals surface area (Å²) < 4.78 is 0. The van der Waals surface area contributed by atoms with Gasteiger partial charge < -0.3 is 15.5 Å². The lowest BCUT2D eigenvalue weighted by Gasteiger charge is -2.18. The summed E-state index contributed by atoms with van der Waals surface area (Å²) in [6.07, 6.45) is 2.77. The van der Waals surface area contributed by atoms with E-state index in [4.69, 9.17) is 0 Å². The van der Waals surface area contributed by atoms with Crippen LogP contribution >= 0.6 is 24.0 Å². The van der Waals surface area contributed by atoms with Crippen molar-refractivity contribution in [2.45, 2.75) is 53.0 Å². The lowest BCUT2D eigenvalue weighted by atomic mass is 10.0. The highest BCUT2D eigenvalue weighted by Crippen LogP contribution is 2.06. The van der Waals surface area contributed by atoms with E-state index in [1.54, 1.807) is 19.0 Å². The average Bonchev–Trinajstić information content (AvgIpc) is 2.36. The second-order valence-corrected chi connectivity index (χ2v) is 5.82. The highest BCUT2D eigenvalue weighted by atomic mass is 127. The van der Waals surface area contributed by atoms with Gasteiger partial charge in [-0.05, 0) is 32.6 Å². The van der Waals surface area contributed by atoms with Gasteiger partial charge in [0, 0.05) is 33.1 Å². The third kappa shape index (κ3) is 12.9. The van der Waals surface area contributed by atoms with Gasteiger partial charge in [-0.3, -0.25) is 9.79 Å². The van der Waals surface area contributed by atoms with Gasteiger partial charge >= 0.3 is 0 Å². The number of hydrogen-bond acceptors (Lipinski definition) is 2. The molecule has 0 saturated heterocycles. The third-order valence-electron chi connectivity index (χ3n) is 3.00. The second-order valence-electron chi connectivity index (χ2n) is 5.82. The maximum atomic E-state index is 11.5. The van der Waals surface area contributed by atoms with Crippen molar-refractivity contribution in [1.29, 1.82) is 0 Å². The molecule has 21 heavy (non-hydrogen) atoms. The Balaban J connectivity index is 0. The highest BCUT2D eigenvalue weighted by Gasteiger charge is 2.07. The molecule has 0 fully saturated rings. The molecular weight excluding hydrogens is 379 g/mol. The number of amides is 1. The summed E-state index contributed by atoms with van der Waals surface area (Å²) >= 11 is 0. The van der Waals surface area contributed by atoms with Crippen LogP contribution < -0.4 is 10.6 Å². The van der Waals surface area contributed by atoms with Gasteiger partial charge in [-0.25, -0.2) is 0 Å². The molecule has 1 atom stereocenters. The molecule has 0 aromatic rings. The summed E-state index contributed by atoms with van der Waals surface area (Å²) in [5, 5.41) is 6.61. The Labute approximate surface area is 147 Å². The fourth-order valence-electron chi connectivity index (χ4n) is 1.70. The number of rotatable bonds is 8. The topological polar surface area (TPSA) is 56.7 Å². The van der Waals surface area contributed by atoms with E-state index in [9.17, 15) is 4.79 Å². The molecule has 0 bridgehead atoms. The normalized spacial score (nSPS) is 12.6. The van der Waals surface area contributed by atoms with Crippen molar-refractivity contribution in [2.75, 3.05) is 27.2 Å². The van der Waals surface area contributed by atoms with Crippen LogP contribution in [0.1, 0.15) is 47.0 Å². The lowest BCUT2D eigenvalue weighted by Crippen LogP contribution is -2.42. The van der Waals surface area contributed by atoms with E-state index in [-0.39, 0.29) is 29.9 Å². The van der Waals surface area contributed by atoms with E-state index in [2.05, 4.69) is 36.4 Å². The minimum atomic E-state index is 0. The van der Waals surface area contributed by atoms with E-state index < -0.39 is 0 Å². The number of carbonyl (C=O) groups is 1. The van der Waals surface area contributed by atoms with E-state index in [1.165, 1.54) is 6.42 Å². The molecule has 0 aromatic carbocycles. The number of halogens is 1. The first-order chi connectivity index (χ1) is 9.36. The van der Waals surface area contributed by atoms with Crippen LogP contribution in [0, 0.1) is 5.92 Å². The van der Waals surface area contributed by atoms with Crippen LogP contribution in [0.4, 0.5) is 0 Å². The van der Waals surface area contributed by atoms with Gasteiger partial charge in [0.15, 0.2) is 5.96 Å². The zero-order chi connectivity index (χ0) is 15.5. The molecule has 0 heterocycles. The Morgan fingerprint density at radius 2 is 1.81 bits per heavy atom. The monoisotopic (exact) mass is 412 g/mol. The van der Waals surface area contributed by atoms with Crippen LogP contribution in [-0.2, 0) is 4.79 Å². The molecule has 0 aliphatic heterocycles. The molecule has 0 radical (unpaired) electrons. The van der Waals surface area contributed by atoms with Crippen molar-refractivity contribution >= 4 is 35.8 Å². The van der Waals surface area contributed by atoms with Crippen LogP contribution in [0.3, 0.4) is 0 Å². The highest BCUT2D eigenvalue weighted by molar-refractivity contribution is 14.0. The molecule has 0 aromatic heterocycles. The summed E-state index contributed by atoms with van der Waals surface area (Å²) in [7, 11) is 3.53. The first kappa shape index (κ1) is 22.7. The predicted octanol–water partition coefficient (Wildman–Crippen LogP) is 2.46. The first-order valence-electron chi connectivity index (χ1n) is 7.61. The van der Waals surface area contributed by atoms with Crippen molar-refractivity contribution in [3.63, 3.8) is 0 Å². The number of aliphatic imine (C=N–C) groups is 1. The maximum absolute atomic E-state index is 11.5. The molecule has 0 rings (SSSR count). The second kappa shape index (κ2) is 13.2. The zero-order valence-electron chi connectivity index (χ0n) is 14.4. The molecule has 2 N–H and O–H groups in total. The largest absolute Gasteiger partial charge is 0.357 e. The van der Waals surface area contributed by atoms with Crippen LogP contribution in [0.5, 0.6) is 0 Å². The summed E-state index contributed by atoms with van der Waals surface area (Å²) in [5.74, 6) is 1.63. The van der Waals surface area contributed by atoms with Gasteiger partial charge in [0.05, 0.1) is 6.54 Å². The van der Waals surface area contributed by atoms with Crippen molar-refractivity contribution in [2.24, 2.45) is 10.9 Å². The predicted molar refractivity (Wildman–Crippen MR) is 101 cm³/mol. The Hall–Kier alpha value is -0.530. The van der Waals surface area contributed by atoms with E-state index in [0.717, 1.165) is 24.8 Å². The smallest absolute Gasteiger partial charge is 0.223 e. The van der Waals surface area contributed by atoms with Crippen molar-refractivity contribution in [3.8, 4) is 0 Å². The molecule has 0 aliphatic carbocycles. The van der Waals surface area contributed by atoms with Gasteiger partial charge in [0.25, 0.3) is 0 Å². The summed E-state index contributed by atoms with van der Waals surface area (Å²) in [5.41, 5.74) is 0. The lowest BCUT2D eigenvalue weighted by molar-refractivity contribution is -0.128. The Morgan fingerprint density at radius 1 is 1.19 bits per heavy atom. The quantitative estimate of drug-likeness (QED) is 0.366. The Kier molecular flexibility index (Phi) is 14.2. The van der Waals surface area contributed by atoms with Crippen LogP contribution in [0.15, 0.2) is 4.99 Å². The zero-order valence-corrected chi connectivity index (χ0v) is 16.7. The number of hydrogen-bond donors (Lipinski definition) is 2. The Bertz CT molecular complexity index is 306. The number of nitrogens with zero attached hydrogens (tertiary/aromatic N) is 2. The molecule has 6 heteroatoms. The van der Waals surface area contributed by atoms with Crippen LogP contribution in [0.25, 0.3) is 0 Å². The molecule has 1 unspecified atom stereocenters. The molecule has 0 spiro atoms. The molecule has 0 saturated carbocycles. The van der Waals surface area contributed by atoms with Crippen molar-refractivity contribution in [1.82, 2.24) is 15.5 Å². The summed E-state index contributed by atoms with van der Waals surface area (Å²) in [4.78, 5) is 17.5. The Morgan fingerprint density at radius 3 is 2.29 bits per heavy atom. The van der Waals surface area contributed by atoms with E-state index >= 15 is 0 Å². The van der Waals surface area contributed by atoms with Crippen LogP contribution in [-0.4, -0.2) is 50.0 Å². The molecule has 0 aliphatic rings. The number of carbonyl (C=O) groups excluding carboxylic acids is 1. The van der Waals surface area contributed by atoms with Crippen molar-refractivity contribution in [3.05, 3.63) is 0 Å². The molecule has 5 nitrogen and oxygen atoms in total. The number of nitrogens with one attached hydrogen (secondary N) is 2. The van der Waals surface area contributed by atoms with Gasteiger partial charge in [0.2, 0.25) is 5.91 Å². The van der Waals surface area contributed by atoms with Gasteiger partial charge in [-0.15, -0.1) is 24.0 Å².